The van der Waals surface area contributed by atoms with E-state index in [9.17, 15) is 0 Å². The van der Waals surface area contributed by atoms with E-state index in [0.717, 1.165) is 23.5 Å². The molecule has 0 bridgehead atoms. The summed E-state index contributed by atoms with van der Waals surface area (Å²) in [6.07, 6.45) is 14.5. The molecular weight excluding hydrogens is 358 g/mol. The zero-order valence-corrected chi connectivity index (χ0v) is 17.1. The molecule has 2 aromatic carbocycles. The number of nitrogens with zero attached hydrogens (tertiary/aromatic N) is 3. The Morgan fingerprint density at radius 1 is 0.897 bits per heavy atom. The van der Waals surface area contributed by atoms with E-state index in [4.69, 9.17) is 0 Å². The molecule has 0 radical (unpaired) electrons. The zero-order valence-electron chi connectivity index (χ0n) is 17.1. The Labute approximate surface area is 172 Å². The lowest BCUT2D eigenvalue weighted by Crippen LogP contribution is -2.01. The molecule has 2 heterocycles. The van der Waals surface area contributed by atoms with Crippen molar-refractivity contribution in [3.05, 3.63) is 66.7 Å². The van der Waals surface area contributed by atoms with Gasteiger partial charge in [-0.05, 0) is 47.7 Å². The van der Waals surface area contributed by atoms with Gasteiger partial charge in [-0.25, -0.2) is 10.2 Å². The van der Waals surface area contributed by atoms with Gasteiger partial charge in [0.1, 0.15) is 0 Å². The fraction of sp³-hybridized carbons (Fsp3) is 0.333. The molecular formula is C24H29N5. The minimum absolute atomic E-state index is 0.913. The summed E-state index contributed by atoms with van der Waals surface area (Å²) in [4.78, 5) is 4.13. The molecule has 29 heavy (non-hydrogen) atoms. The highest BCUT2D eigenvalue weighted by molar-refractivity contribution is 5.72. The third-order valence-electron chi connectivity index (χ3n) is 5.50. The quantitative estimate of drug-likeness (QED) is 0.320. The highest BCUT2D eigenvalue weighted by atomic mass is 15.4. The average molecular weight is 388 g/mol. The molecule has 0 saturated heterocycles. The fourth-order valence-corrected chi connectivity index (χ4v) is 3.80. The van der Waals surface area contributed by atoms with Gasteiger partial charge in [-0.1, -0.05) is 63.3 Å². The molecule has 5 heteroatoms. The van der Waals surface area contributed by atoms with Crippen molar-refractivity contribution in [2.24, 2.45) is 0 Å². The van der Waals surface area contributed by atoms with Gasteiger partial charge < -0.3 is 4.57 Å². The molecule has 0 aliphatic carbocycles. The molecule has 0 aliphatic rings. The van der Waals surface area contributed by atoms with E-state index in [1.54, 1.807) is 6.20 Å². The van der Waals surface area contributed by atoms with Crippen LogP contribution in [-0.2, 0) is 6.42 Å². The maximum Gasteiger partial charge on any atom is 0.174 e. The summed E-state index contributed by atoms with van der Waals surface area (Å²) >= 11 is 0. The fourth-order valence-electron chi connectivity index (χ4n) is 3.80. The Kier molecular flexibility index (Phi) is 6.25. The number of hydrogen-bond acceptors (Lipinski definition) is 2. The summed E-state index contributed by atoms with van der Waals surface area (Å²) in [5.41, 5.74) is 6.23. The van der Waals surface area contributed by atoms with E-state index in [0.29, 0.717) is 0 Å². The van der Waals surface area contributed by atoms with Crippen molar-refractivity contribution in [2.45, 2.75) is 51.9 Å². The molecule has 4 aromatic rings. The van der Waals surface area contributed by atoms with Gasteiger partial charge in [-0.2, -0.15) is 0 Å². The Bertz CT molecular complexity index is 983. The number of rotatable bonds is 10. The molecule has 150 valence electrons. The summed E-state index contributed by atoms with van der Waals surface area (Å²) < 4.78 is 2.03. The van der Waals surface area contributed by atoms with Crippen LogP contribution in [0, 0.1) is 0 Å². The number of imidazole rings is 1. The average Bonchev–Trinajstić information content (AvgIpc) is 3.25. The summed E-state index contributed by atoms with van der Waals surface area (Å²) in [7, 11) is 0. The molecule has 2 N–H and O–H groups in total. The van der Waals surface area contributed by atoms with Crippen molar-refractivity contribution in [1.82, 2.24) is 25.0 Å². The maximum absolute atomic E-state index is 4.20. The molecule has 0 unspecified atom stereocenters. The van der Waals surface area contributed by atoms with Crippen molar-refractivity contribution >= 4 is 0 Å². The van der Waals surface area contributed by atoms with Crippen LogP contribution < -0.4 is 0 Å². The number of unbranched alkanes of at least 4 members (excludes halogenated alkanes) is 5. The molecule has 0 spiro atoms. The lowest BCUT2D eigenvalue weighted by molar-refractivity contribution is 0.608. The van der Waals surface area contributed by atoms with Crippen LogP contribution in [0.1, 0.15) is 51.0 Å². The number of H-pyrrole nitrogens is 2. The standard InChI is InChI=1S/C24H29N5/c1-2-3-4-5-6-7-8-20-17-21(24-26-28-27-24)11-14-23(20)19-9-12-22(13-10-19)29-16-15-25-18-29/h9-18,28H,2-8H2,1H3,(H,26,27). The van der Waals surface area contributed by atoms with E-state index < -0.39 is 0 Å². The Morgan fingerprint density at radius 3 is 2.34 bits per heavy atom. The smallest absolute Gasteiger partial charge is 0.174 e. The van der Waals surface area contributed by atoms with Crippen molar-refractivity contribution < 1.29 is 0 Å². The number of benzene rings is 2. The third-order valence-corrected chi connectivity index (χ3v) is 5.50. The molecule has 4 rings (SSSR count). The van der Waals surface area contributed by atoms with Crippen LogP contribution in [-0.4, -0.2) is 25.0 Å². The third kappa shape index (κ3) is 4.67. The molecule has 0 fully saturated rings. The number of aromatic amines is 2. The van der Waals surface area contributed by atoms with Crippen LogP contribution in [0.2, 0.25) is 0 Å². The summed E-state index contributed by atoms with van der Waals surface area (Å²) in [5.74, 6) is 0.913. The van der Waals surface area contributed by atoms with Crippen LogP contribution in [0.3, 0.4) is 0 Å². The second-order valence-electron chi connectivity index (χ2n) is 7.60. The monoisotopic (exact) mass is 387 g/mol. The van der Waals surface area contributed by atoms with Gasteiger partial charge in [0.25, 0.3) is 0 Å². The second-order valence-corrected chi connectivity index (χ2v) is 7.60. The van der Waals surface area contributed by atoms with Gasteiger partial charge >= 0.3 is 0 Å². The largest absolute Gasteiger partial charge is 0.306 e. The number of nitrogens with one attached hydrogen (secondary N) is 2. The van der Waals surface area contributed by atoms with Gasteiger partial charge in [0, 0.05) is 23.6 Å². The first-order valence-corrected chi connectivity index (χ1v) is 10.7. The Balaban J connectivity index is 1.53. The predicted molar refractivity (Wildman–Crippen MR) is 118 cm³/mol. The second kappa shape index (κ2) is 9.41. The lowest BCUT2D eigenvalue weighted by Gasteiger charge is -2.14. The first-order valence-electron chi connectivity index (χ1n) is 10.7. The van der Waals surface area contributed by atoms with Gasteiger partial charge in [0.15, 0.2) is 5.82 Å². The molecule has 0 saturated carbocycles. The Hall–Kier alpha value is -3.08. The first-order chi connectivity index (χ1) is 14.3. The van der Waals surface area contributed by atoms with E-state index in [2.05, 4.69) is 69.8 Å². The highest BCUT2D eigenvalue weighted by Crippen LogP contribution is 2.30. The Morgan fingerprint density at radius 2 is 1.66 bits per heavy atom. The van der Waals surface area contributed by atoms with Crippen molar-refractivity contribution in [3.63, 3.8) is 0 Å². The summed E-state index contributed by atoms with van der Waals surface area (Å²) in [5, 5.41) is 10.0. The molecule has 0 amide bonds. The van der Waals surface area contributed by atoms with Crippen molar-refractivity contribution in [2.75, 3.05) is 0 Å². The van der Waals surface area contributed by atoms with Crippen LogP contribution in [0.5, 0.6) is 0 Å². The minimum Gasteiger partial charge on any atom is -0.306 e. The van der Waals surface area contributed by atoms with Crippen LogP contribution in [0.25, 0.3) is 28.2 Å². The lowest BCUT2D eigenvalue weighted by atomic mass is 9.93. The number of hydrogen-bond donors (Lipinski definition) is 2. The van der Waals surface area contributed by atoms with Crippen molar-refractivity contribution in [1.29, 1.82) is 0 Å². The summed E-state index contributed by atoms with van der Waals surface area (Å²) in [6.45, 7) is 2.27. The number of aromatic nitrogens is 5. The summed E-state index contributed by atoms with van der Waals surface area (Å²) in [6, 6.07) is 15.4. The maximum atomic E-state index is 4.20. The van der Waals surface area contributed by atoms with E-state index in [-0.39, 0.29) is 0 Å². The van der Waals surface area contributed by atoms with Gasteiger partial charge in [0.05, 0.1) is 6.33 Å². The minimum atomic E-state index is 0.913. The van der Waals surface area contributed by atoms with Gasteiger partial charge in [-0.3, -0.25) is 5.10 Å². The first kappa shape index (κ1) is 19.2. The highest BCUT2D eigenvalue weighted by Gasteiger charge is 2.10. The predicted octanol–water partition coefficient (Wildman–Crippen LogP) is 6.16. The van der Waals surface area contributed by atoms with Gasteiger partial charge in [0.2, 0.25) is 0 Å². The van der Waals surface area contributed by atoms with Crippen LogP contribution in [0.4, 0.5) is 0 Å². The van der Waals surface area contributed by atoms with Crippen molar-refractivity contribution in [3.8, 4) is 28.2 Å². The van der Waals surface area contributed by atoms with E-state index >= 15 is 0 Å². The molecule has 2 aromatic heterocycles. The van der Waals surface area contributed by atoms with E-state index in [1.807, 2.05) is 17.1 Å². The van der Waals surface area contributed by atoms with Gasteiger partial charge in [-0.15, -0.1) is 5.10 Å². The molecule has 0 aliphatic heterocycles. The normalized spacial score (nSPS) is 11.2. The van der Waals surface area contributed by atoms with Crippen LogP contribution >= 0.6 is 0 Å². The van der Waals surface area contributed by atoms with E-state index in [1.165, 1.54) is 55.2 Å². The molecule has 0 atom stereocenters. The topological polar surface area (TPSA) is 62.3 Å². The SMILES string of the molecule is CCCCCCCCc1cc(-c2n[nH][nH]2)ccc1-c1ccc(-n2ccnc2)cc1. The molecule has 5 nitrogen and oxygen atoms in total. The number of aryl methyl sites for hydroxylation is 1. The zero-order chi connectivity index (χ0) is 19.9. The van der Waals surface area contributed by atoms with Crippen LogP contribution in [0.15, 0.2) is 61.2 Å².